The molecule has 0 amide bonds. The highest BCUT2D eigenvalue weighted by molar-refractivity contribution is 5.35. The molecule has 2 heteroatoms. The largest absolute Gasteiger partial charge is 0.493 e. The van der Waals surface area contributed by atoms with Crippen molar-refractivity contribution in [1.82, 2.24) is 4.90 Å². The zero-order chi connectivity index (χ0) is 15.8. The molecule has 1 aliphatic rings. The molecule has 0 radical (unpaired) electrons. The summed E-state index contributed by atoms with van der Waals surface area (Å²) in [5.41, 5.74) is 1.36. The molecule has 0 N–H and O–H groups in total. The monoisotopic (exact) mass is 303 g/mol. The molecule has 0 aliphatic carbocycles. The molecule has 1 aliphatic heterocycles. The number of likely N-dealkylation sites (tertiary alicyclic amines) is 1. The number of hydrogen-bond donors (Lipinski definition) is 0. The number of ether oxygens (including phenoxy) is 1. The highest BCUT2D eigenvalue weighted by Gasteiger charge is 2.14. The molecule has 2 nitrogen and oxygen atoms in total. The van der Waals surface area contributed by atoms with Crippen LogP contribution in [0.15, 0.2) is 24.3 Å². The van der Waals surface area contributed by atoms with E-state index in [1.165, 1.54) is 44.5 Å². The van der Waals surface area contributed by atoms with E-state index in [1.807, 2.05) is 0 Å². The van der Waals surface area contributed by atoms with E-state index in [9.17, 15) is 0 Å². The minimum atomic E-state index is 0.575. The van der Waals surface area contributed by atoms with Crippen LogP contribution in [0, 0.1) is 5.92 Å². The van der Waals surface area contributed by atoms with E-state index < -0.39 is 0 Å². The van der Waals surface area contributed by atoms with Crippen LogP contribution in [-0.2, 0) is 0 Å². The molecule has 1 aromatic rings. The van der Waals surface area contributed by atoms with Gasteiger partial charge in [-0.3, -0.25) is 0 Å². The molecule has 2 rings (SSSR count). The van der Waals surface area contributed by atoms with Gasteiger partial charge in [0, 0.05) is 0 Å². The molecular weight excluding hydrogens is 270 g/mol. The maximum atomic E-state index is 6.05. The topological polar surface area (TPSA) is 12.5 Å². The zero-order valence-corrected chi connectivity index (χ0v) is 14.7. The predicted octanol–water partition coefficient (Wildman–Crippen LogP) is 5.09. The third-order valence-electron chi connectivity index (χ3n) is 5.06. The van der Waals surface area contributed by atoms with E-state index in [2.05, 4.69) is 49.9 Å². The Labute approximate surface area is 136 Å². The lowest BCUT2D eigenvalue weighted by atomic mass is 9.98. The Morgan fingerprint density at radius 1 is 1.18 bits per heavy atom. The lowest BCUT2D eigenvalue weighted by Crippen LogP contribution is -2.33. The molecule has 1 saturated heterocycles. The summed E-state index contributed by atoms with van der Waals surface area (Å²) >= 11 is 0. The van der Waals surface area contributed by atoms with Gasteiger partial charge in [-0.2, -0.15) is 0 Å². The molecule has 0 spiro atoms. The number of benzene rings is 1. The third kappa shape index (κ3) is 5.31. The van der Waals surface area contributed by atoms with Crippen LogP contribution in [0.5, 0.6) is 5.75 Å². The minimum absolute atomic E-state index is 0.575. The maximum absolute atomic E-state index is 6.05. The van der Waals surface area contributed by atoms with Crippen molar-refractivity contribution < 1.29 is 4.74 Å². The van der Waals surface area contributed by atoms with Gasteiger partial charge in [0.2, 0.25) is 0 Å². The van der Waals surface area contributed by atoms with Crippen molar-refractivity contribution in [2.24, 2.45) is 5.92 Å². The van der Waals surface area contributed by atoms with E-state index in [0.29, 0.717) is 5.92 Å². The summed E-state index contributed by atoms with van der Waals surface area (Å²) in [7, 11) is 0. The first-order valence-corrected chi connectivity index (χ1v) is 9.14. The first-order chi connectivity index (χ1) is 10.7. The van der Waals surface area contributed by atoms with Gasteiger partial charge in [-0.15, -0.1) is 0 Å². The molecule has 1 heterocycles. The first-order valence-electron chi connectivity index (χ1n) is 9.14. The molecule has 1 aromatic carbocycles. The number of nitrogens with zero attached hydrogens (tertiary/aromatic N) is 1. The van der Waals surface area contributed by atoms with E-state index in [-0.39, 0.29) is 0 Å². The van der Waals surface area contributed by atoms with E-state index in [0.717, 1.165) is 31.1 Å². The Kier molecular flexibility index (Phi) is 7.24. The highest BCUT2D eigenvalue weighted by Crippen LogP contribution is 2.28. The van der Waals surface area contributed by atoms with Crippen LogP contribution in [0.2, 0.25) is 0 Å². The zero-order valence-electron chi connectivity index (χ0n) is 14.7. The van der Waals surface area contributed by atoms with Gasteiger partial charge in [0.25, 0.3) is 0 Å². The Morgan fingerprint density at radius 2 is 1.91 bits per heavy atom. The van der Waals surface area contributed by atoms with E-state index in [1.54, 1.807) is 0 Å². The van der Waals surface area contributed by atoms with Gasteiger partial charge in [0.15, 0.2) is 0 Å². The van der Waals surface area contributed by atoms with Crippen LogP contribution < -0.4 is 4.74 Å². The molecule has 1 atom stereocenters. The van der Waals surface area contributed by atoms with Crippen molar-refractivity contribution in [1.29, 1.82) is 0 Å². The summed E-state index contributed by atoms with van der Waals surface area (Å²) in [5.74, 6) is 2.59. The number of rotatable bonds is 8. The summed E-state index contributed by atoms with van der Waals surface area (Å²) < 4.78 is 6.05. The van der Waals surface area contributed by atoms with Crippen molar-refractivity contribution >= 4 is 0 Å². The van der Waals surface area contributed by atoms with Crippen LogP contribution in [-0.4, -0.2) is 31.1 Å². The lowest BCUT2D eigenvalue weighted by molar-refractivity contribution is 0.184. The van der Waals surface area contributed by atoms with Crippen LogP contribution in [0.4, 0.5) is 0 Å². The summed E-state index contributed by atoms with van der Waals surface area (Å²) in [5, 5.41) is 0. The Balaban J connectivity index is 1.66. The second kappa shape index (κ2) is 9.19. The maximum Gasteiger partial charge on any atom is 0.122 e. The molecule has 1 fully saturated rings. The van der Waals surface area contributed by atoms with Gasteiger partial charge in [-0.1, -0.05) is 39.0 Å². The first kappa shape index (κ1) is 17.3. The summed E-state index contributed by atoms with van der Waals surface area (Å²) in [6, 6.07) is 8.52. The summed E-state index contributed by atoms with van der Waals surface area (Å²) in [6.07, 6.45) is 6.31. The molecule has 0 bridgehead atoms. The average molecular weight is 303 g/mol. The summed E-state index contributed by atoms with van der Waals surface area (Å²) in [6.45, 7) is 11.6. The fraction of sp³-hybridized carbons (Fsp3) is 0.700. The number of hydrogen-bond acceptors (Lipinski definition) is 2. The molecule has 0 aromatic heterocycles. The molecular formula is C20H33NO. The van der Waals surface area contributed by atoms with Crippen molar-refractivity contribution in [3.05, 3.63) is 29.8 Å². The van der Waals surface area contributed by atoms with Gasteiger partial charge in [-0.25, -0.2) is 0 Å². The van der Waals surface area contributed by atoms with Gasteiger partial charge >= 0.3 is 0 Å². The van der Waals surface area contributed by atoms with Crippen molar-refractivity contribution in [3.8, 4) is 5.75 Å². The quantitative estimate of drug-likeness (QED) is 0.620. The highest BCUT2D eigenvalue weighted by atomic mass is 16.5. The normalized spacial score (nSPS) is 18.3. The smallest absolute Gasteiger partial charge is 0.122 e. The summed E-state index contributed by atoms with van der Waals surface area (Å²) in [4.78, 5) is 2.62. The van der Waals surface area contributed by atoms with Crippen LogP contribution in [0.3, 0.4) is 0 Å². The van der Waals surface area contributed by atoms with Crippen molar-refractivity contribution in [2.75, 3.05) is 26.2 Å². The Bertz CT molecular complexity index is 423. The van der Waals surface area contributed by atoms with E-state index >= 15 is 0 Å². The number of unbranched alkanes of at least 4 members (excludes halogenated alkanes) is 1. The van der Waals surface area contributed by atoms with Gasteiger partial charge in [-0.05, 0) is 75.2 Å². The molecule has 124 valence electrons. The molecule has 22 heavy (non-hydrogen) atoms. The van der Waals surface area contributed by atoms with Gasteiger partial charge in [0.05, 0.1) is 6.61 Å². The van der Waals surface area contributed by atoms with Crippen molar-refractivity contribution in [2.45, 2.75) is 58.8 Å². The Morgan fingerprint density at radius 3 is 2.64 bits per heavy atom. The number of para-hydroxylation sites is 1. The fourth-order valence-corrected chi connectivity index (χ4v) is 3.14. The van der Waals surface area contributed by atoms with E-state index in [4.69, 9.17) is 4.74 Å². The third-order valence-corrected chi connectivity index (χ3v) is 5.06. The van der Waals surface area contributed by atoms with Crippen molar-refractivity contribution in [3.63, 3.8) is 0 Å². The van der Waals surface area contributed by atoms with Crippen LogP contribution in [0.1, 0.15) is 64.4 Å². The average Bonchev–Trinajstić information content (AvgIpc) is 2.56. The van der Waals surface area contributed by atoms with Crippen LogP contribution >= 0.6 is 0 Å². The molecule has 0 unspecified atom stereocenters. The van der Waals surface area contributed by atoms with Gasteiger partial charge < -0.3 is 9.64 Å². The lowest BCUT2D eigenvalue weighted by Gasteiger charge is -2.30. The molecule has 0 saturated carbocycles. The minimum Gasteiger partial charge on any atom is -0.493 e. The fourth-order valence-electron chi connectivity index (χ4n) is 3.14. The predicted molar refractivity (Wildman–Crippen MR) is 94.7 cm³/mol. The van der Waals surface area contributed by atoms with Crippen LogP contribution in [0.25, 0.3) is 0 Å². The van der Waals surface area contributed by atoms with Gasteiger partial charge in [0.1, 0.15) is 5.75 Å². The second-order valence-electron chi connectivity index (χ2n) is 6.93. The second-order valence-corrected chi connectivity index (χ2v) is 6.93. The number of piperidine rings is 1. The SMILES string of the molecule is CC[C@@H](C)c1ccccc1OCCCCN1CCC(C)CC1. The standard InChI is InChI=1S/C20H33NO/c1-4-18(3)19-9-5-6-10-20(19)22-16-8-7-13-21-14-11-17(2)12-15-21/h5-6,9-10,17-18H,4,7-8,11-16H2,1-3H3/t18-/m1/s1. The Hall–Kier alpha value is -1.02.